The summed E-state index contributed by atoms with van der Waals surface area (Å²) < 4.78 is 15.0. The molecule has 2 aromatic carbocycles. The molecule has 1 aliphatic heterocycles. The number of piperidine rings is 1. The average molecular weight is 459 g/mol. The summed E-state index contributed by atoms with van der Waals surface area (Å²) in [6.45, 7) is 5.55. The topological polar surface area (TPSA) is 50.2 Å². The molecule has 1 atom stereocenters. The zero-order valence-corrected chi connectivity index (χ0v) is 19.6. The maximum absolute atomic E-state index is 14.0. The van der Waals surface area contributed by atoms with Gasteiger partial charge in [-0.3, -0.25) is 14.4 Å². The molecule has 5 nitrogen and oxygen atoms in total. The molecule has 3 aromatic rings. The molecule has 0 aliphatic carbocycles. The smallest absolute Gasteiger partial charge is 0.198 e. The van der Waals surface area contributed by atoms with Crippen LogP contribution in [-0.4, -0.2) is 52.7 Å². The van der Waals surface area contributed by atoms with Gasteiger partial charge in [0, 0.05) is 19.0 Å². The van der Waals surface area contributed by atoms with Crippen molar-refractivity contribution in [1.82, 2.24) is 20.0 Å². The summed E-state index contributed by atoms with van der Waals surface area (Å²) in [6, 6.07) is 14.3. The highest BCUT2D eigenvalue weighted by atomic mass is 35.5. The Labute approximate surface area is 195 Å². The molecule has 2 heterocycles. The monoisotopic (exact) mass is 458 g/mol. The lowest BCUT2D eigenvalue weighted by atomic mass is 9.85. The number of hydrogen-bond donors (Lipinski definition) is 1. The van der Waals surface area contributed by atoms with E-state index in [4.69, 9.17) is 0 Å². The van der Waals surface area contributed by atoms with E-state index < -0.39 is 0 Å². The fourth-order valence-electron chi connectivity index (χ4n) is 4.83. The highest BCUT2D eigenvalue weighted by molar-refractivity contribution is 6.08. The second-order valence-corrected chi connectivity index (χ2v) is 8.39. The Bertz CT molecular complexity index is 1030. The average Bonchev–Trinajstić information content (AvgIpc) is 3.13. The van der Waals surface area contributed by atoms with Gasteiger partial charge in [-0.15, -0.1) is 12.4 Å². The van der Waals surface area contributed by atoms with Gasteiger partial charge in [0.1, 0.15) is 11.5 Å². The molecule has 1 aliphatic rings. The zero-order valence-electron chi connectivity index (χ0n) is 18.8. The van der Waals surface area contributed by atoms with Crippen LogP contribution in [0.5, 0.6) is 0 Å². The van der Waals surface area contributed by atoms with Gasteiger partial charge < -0.3 is 5.32 Å². The van der Waals surface area contributed by atoms with Crippen LogP contribution in [0.4, 0.5) is 4.39 Å². The van der Waals surface area contributed by atoms with E-state index in [1.807, 2.05) is 43.4 Å². The summed E-state index contributed by atoms with van der Waals surface area (Å²) in [5.41, 5.74) is 2.63. The van der Waals surface area contributed by atoms with Crippen LogP contribution in [0, 0.1) is 11.7 Å². The van der Waals surface area contributed by atoms with E-state index in [0.717, 1.165) is 61.9 Å². The zero-order chi connectivity index (χ0) is 21.8. The lowest BCUT2D eigenvalue weighted by Crippen LogP contribution is -2.50. The number of aromatic nitrogens is 2. The van der Waals surface area contributed by atoms with E-state index in [2.05, 4.69) is 22.2 Å². The van der Waals surface area contributed by atoms with E-state index in [0.29, 0.717) is 11.6 Å². The molecule has 1 fully saturated rings. The van der Waals surface area contributed by atoms with Crippen molar-refractivity contribution in [2.75, 3.05) is 26.2 Å². The molecule has 7 heteroatoms. The molecule has 0 bridgehead atoms. The number of fused-ring (bicyclic) bond motifs is 1. The largest absolute Gasteiger partial charge is 0.317 e. The summed E-state index contributed by atoms with van der Waals surface area (Å²) in [5, 5.41) is 8.92. The van der Waals surface area contributed by atoms with E-state index in [1.54, 1.807) is 4.68 Å². The molecule has 0 saturated carbocycles. The molecule has 32 heavy (non-hydrogen) atoms. The Balaban J connectivity index is 0.00000289. The van der Waals surface area contributed by atoms with Gasteiger partial charge in [-0.25, -0.2) is 4.39 Å². The number of ketones is 1. The minimum Gasteiger partial charge on any atom is -0.317 e. The number of benzene rings is 2. The van der Waals surface area contributed by atoms with Crippen LogP contribution in [-0.2, 0) is 13.5 Å². The van der Waals surface area contributed by atoms with Crippen LogP contribution in [0.25, 0.3) is 10.9 Å². The second kappa shape index (κ2) is 11.0. The van der Waals surface area contributed by atoms with Crippen molar-refractivity contribution in [3.8, 4) is 0 Å². The predicted molar refractivity (Wildman–Crippen MR) is 129 cm³/mol. The number of rotatable bonds is 8. The number of likely N-dealkylation sites (N-methyl/N-ethyl adjacent to an activating group) is 1. The molecule has 1 saturated heterocycles. The maximum atomic E-state index is 14.0. The molecular weight excluding hydrogens is 427 g/mol. The van der Waals surface area contributed by atoms with Gasteiger partial charge in [0.2, 0.25) is 0 Å². The minimum absolute atomic E-state index is 0. The first kappa shape index (κ1) is 24.4. The molecule has 1 N–H and O–H groups in total. The number of carbonyl (C=O) groups excluding carboxylic acids is 1. The minimum atomic E-state index is -0.220. The van der Waals surface area contributed by atoms with Crippen LogP contribution >= 0.6 is 12.4 Å². The quantitative estimate of drug-likeness (QED) is 0.513. The van der Waals surface area contributed by atoms with Crippen molar-refractivity contribution in [3.05, 3.63) is 65.6 Å². The lowest BCUT2D eigenvalue weighted by Gasteiger charge is -2.37. The Hall–Kier alpha value is -2.28. The Kier molecular flexibility index (Phi) is 8.40. The first-order chi connectivity index (χ1) is 15.1. The van der Waals surface area contributed by atoms with Gasteiger partial charge in [0.15, 0.2) is 5.78 Å². The number of Topliss-reactive ketones (excluding diaryl/α,β-unsaturated/α-hetero) is 1. The maximum Gasteiger partial charge on any atom is 0.198 e. The van der Waals surface area contributed by atoms with Crippen LogP contribution in [0.15, 0.2) is 48.5 Å². The molecular formula is C25H32ClFN4O. The van der Waals surface area contributed by atoms with Gasteiger partial charge >= 0.3 is 0 Å². The van der Waals surface area contributed by atoms with Gasteiger partial charge in [-0.05, 0) is 68.6 Å². The van der Waals surface area contributed by atoms with Crippen molar-refractivity contribution in [1.29, 1.82) is 0 Å². The van der Waals surface area contributed by atoms with E-state index in [1.165, 1.54) is 12.1 Å². The third-order valence-electron chi connectivity index (χ3n) is 6.47. The summed E-state index contributed by atoms with van der Waals surface area (Å²) >= 11 is 0. The van der Waals surface area contributed by atoms with Crippen LogP contribution in [0.3, 0.4) is 0 Å². The van der Waals surface area contributed by atoms with Gasteiger partial charge in [-0.1, -0.05) is 37.3 Å². The summed E-state index contributed by atoms with van der Waals surface area (Å²) in [6.07, 6.45) is 2.76. The number of carbonyl (C=O) groups is 1. The highest BCUT2D eigenvalue weighted by Crippen LogP contribution is 2.28. The second-order valence-electron chi connectivity index (χ2n) is 8.39. The van der Waals surface area contributed by atoms with Gasteiger partial charge in [0.05, 0.1) is 11.6 Å². The molecule has 0 spiro atoms. The Morgan fingerprint density at radius 1 is 1.19 bits per heavy atom. The molecule has 0 amide bonds. The van der Waals surface area contributed by atoms with E-state index >= 15 is 0 Å². The molecule has 0 unspecified atom stereocenters. The number of nitrogens with one attached hydrogen (secondary N) is 1. The van der Waals surface area contributed by atoms with Gasteiger partial charge in [-0.2, -0.15) is 5.10 Å². The first-order valence-electron chi connectivity index (χ1n) is 11.2. The number of aryl methyl sites for hydroxylation is 1. The van der Waals surface area contributed by atoms with Crippen molar-refractivity contribution in [2.45, 2.75) is 32.2 Å². The third-order valence-corrected chi connectivity index (χ3v) is 6.47. The van der Waals surface area contributed by atoms with Crippen LogP contribution < -0.4 is 5.32 Å². The van der Waals surface area contributed by atoms with Crippen LogP contribution in [0.2, 0.25) is 0 Å². The van der Waals surface area contributed by atoms with Crippen molar-refractivity contribution >= 4 is 29.1 Å². The highest BCUT2D eigenvalue weighted by Gasteiger charge is 2.36. The normalized spacial score (nSPS) is 15.6. The summed E-state index contributed by atoms with van der Waals surface area (Å²) in [7, 11) is 1.86. The summed E-state index contributed by atoms with van der Waals surface area (Å²) in [4.78, 5) is 16.3. The van der Waals surface area contributed by atoms with Crippen molar-refractivity contribution in [3.63, 3.8) is 0 Å². The van der Waals surface area contributed by atoms with Gasteiger partial charge in [0.25, 0.3) is 0 Å². The Morgan fingerprint density at radius 3 is 2.56 bits per heavy atom. The number of hydrogen-bond acceptors (Lipinski definition) is 4. The third kappa shape index (κ3) is 5.20. The van der Waals surface area contributed by atoms with Crippen LogP contribution in [0.1, 0.15) is 35.8 Å². The van der Waals surface area contributed by atoms with Crippen molar-refractivity contribution in [2.24, 2.45) is 13.0 Å². The van der Waals surface area contributed by atoms with E-state index in [9.17, 15) is 9.18 Å². The fraction of sp³-hybridized carbons (Fsp3) is 0.440. The summed E-state index contributed by atoms with van der Waals surface area (Å²) in [5.74, 6) is 0.238. The molecule has 0 radical (unpaired) electrons. The fourth-order valence-corrected chi connectivity index (χ4v) is 4.83. The van der Waals surface area contributed by atoms with E-state index in [-0.39, 0.29) is 30.0 Å². The molecule has 4 rings (SSSR count). The SMILES string of the molecule is CCN(CCc1ccc(F)cc1)[C@@H](C(=O)c1c2ccccc2nn1C)C1CCNCC1.Cl. The number of halogens is 2. The first-order valence-corrected chi connectivity index (χ1v) is 11.2. The Morgan fingerprint density at radius 2 is 1.88 bits per heavy atom. The predicted octanol–water partition coefficient (Wildman–Crippen LogP) is 4.25. The standard InChI is InChI=1S/C25H31FN4O.ClH/c1-3-30(17-14-18-8-10-20(26)11-9-18)23(19-12-15-27-16-13-19)25(31)24-21-6-4-5-7-22(21)28-29(24)2;/h4-11,19,23,27H,3,12-17H2,1-2H3;1H/t23-;/m1./s1. The number of nitrogens with zero attached hydrogens (tertiary/aromatic N) is 3. The molecule has 1 aromatic heterocycles. The lowest BCUT2D eigenvalue weighted by molar-refractivity contribution is 0.0681. The molecule has 172 valence electrons. The van der Waals surface area contributed by atoms with Crippen molar-refractivity contribution < 1.29 is 9.18 Å².